The van der Waals surface area contributed by atoms with Crippen molar-refractivity contribution in [2.75, 3.05) is 13.1 Å². The van der Waals surface area contributed by atoms with Crippen molar-refractivity contribution in [3.05, 3.63) is 0 Å². The van der Waals surface area contributed by atoms with Crippen molar-refractivity contribution < 1.29 is 18.0 Å². The van der Waals surface area contributed by atoms with Crippen LogP contribution in [0.4, 0.5) is 13.2 Å². The number of rotatable bonds is 1. The number of nitrogens with zero attached hydrogens (tertiary/aromatic N) is 1. The maximum Gasteiger partial charge on any atom is 0.393 e. The number of piperidine rings is 1. The van der Waals surface area contributed by atoms with Crippen LogP contribution in [-0.2, 0) is 4.79 Å². The molecule has 1 saturated heterocycles. The second-order valence-corrected chi connectivity index (χ2v) is 4.63. The maximum atomic E-state index is 12.6. The van der Waals surface area contributed by atoms with E-state index in [1.165, 1.54) is 4.90 Å². The van der Waals surface area contributed by atoms with Gasteiger partial charge in [0, 0.05) is 25.0 Å². The first-order valence-corrected chi connectivity index (χ1v) is 5.33. The number of likely N-dealkylation sites (tertiary alicyclic amines) is 1. The fraction of sp³-hybridized carbons (Fsp3) is 0.900. The molecule has 2 N–H and O–H groups in total. The molecule has 0 unspecified atom stereocenters. The van der Waals surface area contributed by atoms with Crippen LogP contribution in [0.25, 0.3) is 0 Å². The number of alkyl halides is 3. The molecule has 6 heteroatoms. The molecule has 1 aliphatic heterocycles. The summed E-state index contributed by atoms with van der Waals surface area (Å²) in [6.07, 6.45) is -4.36. The summed E-state index contributed by atoms with van der Waals surface area (Å²) in [5.41, 5.74) is 5.56. The molecule has 0 aliphatic carbocycles. The Labute approximate surface area is 92.8 Å². The smallest absolute Gasteiger partial charge is 0.340 e. The Balaban J connectivity index is 2.72. The van der Waals surface area contributed by atoms with E-state index in [0.717, 1.165) is 0 Å². The lowest BCUT2D eigenvalue weighted by Gasteiger charge is -2.37. The zero-order valence-electron chi connectivity index (χ0n) is 9.42. The van der Waals surface area contributed by atoms with E-state index in [-0.39, 0.29) is 31.3 Å². The second kappa shape index (κ2) is 4.61. The van der Waals surface area contributed by atoms with E-state index in [0.29, 0.717) is 0 Å². The van der Waals surface area contributed by atoms with Crippen LogP contribution < -0.4 is 5.73 Å². The van der Waals surface area contributed by atoms with Crippen LogP contribution in [0.2, 0.25) is 0 Å². The zero-order chi connectivity index (χ0) is 12.5. The number of amides is 1. The van der Waals surface area contributed by atoms with Crippen LogP contribution in [0.5, 0.6) is 0 Å². The molecule has 3 nitrogen and oxygen atoms in total. The van der Waals surface area contributed by atoms with E-state index in [2.05, 4.69) is 0 Å². The first-order valence-electron chi connectivity index (χ1n) is 5.33. The molecule has 2 atom stereocenters. The lowest BCUT2D eigenvalue weighted by atomic mass is 9.93. The lowest BCUT2D eigenvalue weighted by Crippen LogP contribution is -2.53. The van der Waals surface area contributed by atoms with Gasteiger partial charge < -0.3 is 10.6 Å². The molecular formula is C10H17F3N2O. The Morgan fingerprint density at radius 3 is 2.38 bits per heavy atom. The predicted octanol–water partition coefficient (Wildman–Crippen LogP) is 1.38. The summed E-state index contributed by atoms with van der Waals surface area (Å²) in [6.45, 7) is 3.31. The summed E-state index contributed by atoms with van der Waals surface area (Å²) in [5.74, 6) is -2.04. The molecule has 0 aromatic heterocycles. The van der Waals surface area contributed by atoms with E-state index in [1.54, 1.807) is 13.8 Å². The lowest BCUT2D eigenvalue weighted by molar-refractivity contribution is -0.190. The van der Waals surface area contributed by atoms with Gasteiger partial charge in [0.1, 0.15) is 0 Å². The van der Waals surface area contributed by atoms with E-state index in [1.807, 2.05) is 0 Å². The largest absolute Gasteiger partial charge is 0.393 e. The third-order valence-electron chi connectivity index (χ3n) is 2.75. The number of carbonyl (C=O) groups excluding carboxylic acids is 1. The van der Waals surface area contributed by atoms with Gasteiger partial charge in [0.15, 0.2) is 0 Å². The number of hydrogen-bond acceptors (Lipinski definition) is 2. The van der Waals surface area contributed by atoms with E-state index < -0.39 is 18.1 Å². The standard InChI is InChI=1S/C10H17F3N2O/c1-6(2)9(16)15-4-7(10(11,12)13)3-8(14)5-15/h6-8H,3-5,14H2,1-2H3/t7-,8+/m0/s1. The van der Waals surface area contributed by atoms with E-state index >= 15 is 0 Å². The monoisotopic (exact) mass is 238 g/mol. The third-order valence-corrected chi connectivity index (χ3v) is 2.75. The summed E-state index contributed by atoms with van der Waals surface area (Å²) in [7, 11) is 0. The molecule has 0 spiro atoms. The van der Waals surface area contributed by atoms with Crippen molar-refractivity contribution in [1.29, 1.82) is 0 Å². The molecule has 16 heavy (non-hydrogen) atoms. The van der Waals surface area contributed by atoms with Gasteiger partial charge in [-0.2, -0.15) is 13.2 Å². The summed E-state index contributed by atoms with van der Waals surface area (Å²) in [5, 5.41) is 0. The molecule has 0 saturated carbocycles. The van der Waals surface area contributed by atoms with Gasteiger partial charge in [0.25, 0.3) is 0 Å². The summed E-state index contributed by atoms with van der Waals surface area (Å²) >= 11 is 0. The molecule has 0 aromatic carbocycles. The fourth-order valence-electron chi connectivity index (χ4n) is 1.92. The summed E-state index contributed by atoms with van der Waals surface area (Å²) in [6, 6.07) is -0.580. The Morgan fingerprint density at radius 1 is 1.38 bits per heavy atom. The molecule has 1 fully saturated rings. The normalized spacial score (nSPS) is 27.3. The van der Waals surface area contributed by atoms with Crippen LogP contribution >= 0.6 is 0 Å². The van der Waals surface area contributed by atoms with Gasteiger partial charge in [-0.1, -0.05) is 13.8 Å². The van der Waals surface area contributed by atoms with E-state index in [9.17, 15) is 18.0 Å². The van der Waals surface area contributed by atoms with Gasteiger partial charge >= 0.3 is 6.18 Å². The van der Waals surface area contributed by atoms with Crippen molar-refractivity contribution in [2.24, 2.45) is 17.6 Å². The van der Waals surface area contributed by atoms with Crippen molar-refractivity contribution in [3.63, 3.8) is 0 Å². The highest BCUT2D eigenvalue weighted by atomic mass is 19.4. The number of hydrogen-bond donors (Lipinski definition) is 1. The van der Waals surface area contributed by atoms with Gasteiger partial charge in [0.05, 0.1) is 5.92 Å². The van der Waals surface area contributed by atoms with Gasteiger partial charge in [-0.05, 0) is 6.42 Å². The molecule has 1 aliphatic rings. The van der Waals surface area contributed by atoms with Crippen LogP contribution in [0.1, 0.15) is 20.3 Å². The molecule has 1 rings (SSSR count). The number of carbonyl (C=O) groups is 1. The van der Waals surface area contributed by atoms with Gasteiger partial charge in [-0.15, -0.1) is 0 Å². The van der Waals surface area contributed by atoms with Crippen molar-refractivity contribution >= 4 is 5.91 Å². The number of nitrogens with two attached hydrogens (primary N) is 1. The SMILES string of the molecule is CC(C)C(=O)N1C[C@H](N)C[C@H](C(F)(F)F)C1. The topological polar surface area (TPSA) is 46.3 Å². The Morgan fingerprint density at radius 2 is 1.94 bits per heavy atom. The molecule has 1 amide bonds. The maximum absolute atomic E-state index is 12.6. The Kier molecular flexibility index (Phi) is 3.83. The van der Waals surface area contributed by atoms with Crippen molar-refractivity contribution in [1.82, 2.24) is 4.90 Å². The third kappa shape index (κ3) is 3.10. The zero-order valence-corrected chi connectivity index (χ0v) is 9.42. The highest BCUT2D eigenvalue weighted by molar-refractivity contribution is 5.78. The van der Waals surface area contributed by atoms with E-state index in [4.69, 9.17) is 5.73 Å². The molecule has 0 radical (unpaired) electrons. The predicted molar refractivity (Wildman–Crippen MR) is 53.6 cm³/mol. The van der Waals surface area contributed by atoms with Crippen molar-refractivity contribution in [3.8, 4) is 0 Å². The number of halogens is 3. The summed E-state index contributed by atoms with van der Waals surface area (Å²) in [4.78, 5) is 12.9. The fourth-order valence-corrected chi connectivity index (χ4v) is 1.92. The Hall–Kier alpha value is -0.780. The highest BCUT2D eigenvalue weighted by Gasteiger charge is 2.44. The summed E-state index contributed by atoms with van der Waals surface area (Å²) < 4.78 is 37.7. The minimum Gasteiger partial charge on any atom is -0.340 e. The van der Waals surface area contributed by atoms with Crippen molar-refractivity contribution in [2.45, 2.75) is 32.5 Å². The average molecular weight is 238 g/mol. The minimum absolute atomic E-state index is 0.0919. The first kappa shape index (κ1) is 13.3. The first-order chi connectivity index (χ1) is 7.21. The highest BCUT2D eigenvalue weighted by Crippen LogP contribution is 2.33. The molecule has 1 heterocycles. The molecule has 0 aromatic rings. The Bertz CT molecular complexity index is 265. The quantitative estimate of drug-likeness (QED) is 0.750. The van der Waals surface area contributed by atoms with Gasteiger partial charge in [0.2, 0.25) is 5.91 Å². The van der Waals surface area contributed by atoms with Crippen LogP contribution in [-0.4, -0.2) is 36.1 Å². The molecular weight excluding hydrogens is 221 g/mol. The second-order valence-electron chi connectivity index (χ2n) is 4.63. The van der Waals surface area contributed by atoms with Gasteiger partial charge in [-0.3, -0.25) is 4.79 Å². The molecule has 0 bridgehead atoms. The van der Waals surface area contributed by atoms with Crippen LogP contribution in [0, 0.1) is 11.8 Å². The average Bonchev–Trinajstić information content (AvgIpc) is 2.14. The van der Waals surface area contributed by atoms with Crippen LogP contribution in [0.3, 0.4) is 0 Å². The minimum atomic E-state index is -4.27. The van der Waals surface area contributed by atoms with Crippen LogP contribution in [0.15, 0.2) is 0 Å². The van der Waals surface area contributed by atoms with Gasteiger partial charge in [-0.25, -0.2) is 0 Å². The molecule has 94 valence electrons.